The van der Waals surface area contributed by atoms with E-state index in [9.17, 15) is 8.42 Å². The largest absolute Gasteiger partial charge is 0.293 e. The van der Waals surface area contributed by atoms with Crippen molar-refractivity contribution in [2.45, 2.75) is 57.1 Å². The predicted octanol–water partition coefficient (Wildman–Crippen LogP) is 3.14. The van der Waals surface area contributed by atoms with Gasteiger partial charge >= 0.3 is 0 Å². The van der Waals surface area contributed by atoms with Gasteiger partial charge in [-0.15, -0.1) is 0 Å². The summed E-state index contributed by atoms with van der Waals surface area (Å²) < 4.78 is 29.4. The molecule has 1 aromatic carbocycles. The highest BCUT2D eigenvalue weighted by Crippen LogP contribution is 2.55. The lowest BCUT2D eigenvalue weighted by Crippen LogP contribution is -2.64. The summed E-state index contributed by atoms with van der Waals surface area (Å²) in [5.74, 6) is 0. The molecule has 0 saturated carbocycles. The van der Waals surface area contributed by atoms with E-state index in [-0.39, 0.29) is 5.41 Å². The van der Waals surface area contributed by atoms with E-state index >= 15 is 0 Å². The molecule has 28 heavy (non-hydrogen) atoms. The van der Waals surface area contributed by atoms with Crippen molar-refractivity contribution in [3.63, 3.8) is 0 Å². The normalized spacial score (nSPS) is 23.2. The lowest BCUT2D eigenvalue weighted by Gasteiger charge is -2.62. The number of aryl methyl sites for hydroxylation is 1. The number of likely N-dealkylation sites (tertiary alicyclic amines) is 1. The first-order valence-corrected chi connectivity index (χ1v) is 11.6. The van der Waals surface area contributed by atoms with Gasteiger partial charge in [-0.25, -0.2) is 8.42 Å². The van der Waals surface area contributed by atoms with Crippen LogP contribution in [0.5, 0.6) is 0 Å². The van der Waals surface area contributed by atoms with Crippen molar-refractivity contribution < 1.29 is 8.42 Å². The number of benzene rings is 1. The second-order valence-electron chi connectivity index (χ2n) is 8.38. The Bertz CT molecular complexity index is 915. The number of piperidine rings is 1. The molecule has 152 valence electrons. The Labute approximate surface area is 168 Å². The maximum absolute atomic E-state index is 13.0. The molecule has 0 aliphatic carbocycles. The molecular weight excluding hydrogens is 372 g/mol. The molecule has 2 aliphatic heterocycles. The van der Waals surface area contributed by atoms with E-state index in [2.05, 4.69) is 54.2 Å². The second kappa shape index (κ2) is 7.28. The van der Waals surface area contributed by atoms with Crippen molar-refractivity contribution in [3.8, 4) is 0 Å². The lowest BCUT2D eigenvalue weighted by molar-refractivity contribution is -0.121. The van der Waals surface area contributed by atoms with Gasteiger partial charge in [0.1, 0.15) is 4.90 Å². The third kappa shape index (κ3) is 3.19. The van der Waals surface area contributed by atoms with Crippen LogP contribution in [0.1, 0.15) is 45.2 Å². The van der Waals surface area contributed by atoms with Gasteiger partial charge in [0.05, 0.1) is 6.20 Å². The molecular formula is C21H30N4O2S. The van der Waals surface area contributed by atoms with E-state index in [4.69, 9.17) is 0 Å². The molecule has 2 aromatic rings. The Morgan fingerprint density at radius 2 is 1.86 bits per heavy atom. The van der Waals surface area contributed by atoms with Gasteiger partial charge in [0.25, 0.3) is 0 Å². The van der Waals surface area contributed by atoms with Crippen molar-refractivity contribution in [2.24, 2.45) is 5.41 Å². The van der Waals surface area contributed by atoms with E-state index in [1.165, 1.54) is 11.8 Å². The highest BCUT2D eigenvalue weighted by molar-refractivity contribution is 7.89. The molecule has 1 atom stereocenters. The summed E-state index contributed by atoms with van der Waals surface area (Å²) >= 11 is 0. The van der Waals surface area contributed by atoms with Crippen LogP contribution in [-0.2, 0) is 16.6 Å². The topological polar surface area (TPSA) is 58.4 Å². The van der Waals surface area contributed by atoms with Gasteiger partial charge in [-0.3, -0.25) is 9.58 Å². The highest BCUT2D eigenvalue weighted by atomic mass is 32.2. The van der Waals surface area contributed by atoms with E-state index in [1.54, 1.807) is 15.2 Å². The number of nitrogens with zero attached hydrogens (tertiary/aromatic N) is 4. The summed E-state index contributed by atoms with van der Waals surface area (Å²) in [6, 6.07) is 11.5. The zero-order valence-corrected chi connectivity index (χ0v) is 17.8. The van der Waals surface area contributed by atoms with E-state index < -0.39 is 10.0 Å². The number of aromatic nitrogens is 2. The quantitative estimate of drug-likeness (QED) is 0.771. The summed E-state index contributed by atoms with van der Waals surface area (Å²) in [5, 5.41) is 4.14. The fraction of sp³-hybridized carbons (Fsp3) is 0.571. The maximum Gasteiger partial charge on any atom is 0.246 e. The number of sulfonamides is 1. The number of rotatable bonds is 5. The summed E-state index contributed by atoms with van der Waals surface area (Å²) in [6.45, 7) is 9.31. The van der Waals surface area contributed by atoms with E-state index in [0.29, 0.717) is 36.6 Å². The molecule has 0 radical (unpaired) electrons. The standard InChI is InChI=1S/C21H30N4O2S/c1-4-23-15-19(14-22-23)28(26,27)24-12-10-21(11-13-24)16-25(17(2)3)20(21)18-8-6-5-7-9-18/h5-9,14-15,17,20H,4,10-13,16H2,1-3H3. The van der Waals surface area contributed by atoms with Crippen LogP contribution < -0.4 is 0 Å². The number of hydrogen-bond acceptors (Lipinski definition) is 4. The molecule has 1 aromatic heterocycles. The van der Waals surface area contributed by atoms with Crippen LogP contribution in [0.3, 0.4) is 0 Å². The first kappa shape index (κ1) is 19.6. The van der Waals surface area contributed by atoms with Gasteiger partial charge in [0.2, 0.25) is 10.0 Å². The predicted molar refractivity (Wildman–Crippen MR) is 109 cm³/mol. The van der Waals surface area contributed by atoms with Crippen LogP contribution in [0.4, 0.5) is 0 Å². The molecule has 6 nitrogen and oxygen atoms in total. The minimum absolute atomic E-state index is 0.172. The molecule has 1 unspecified atom stereocenters. The molecule has 1 spiro atoms. The SMILES string of the molecule is CCn1cc(S(=O)(=O)N2CCC3(CC2)CN(C(C)C)C3c2ccccc2)cn1. The average Bonchev–Trinajstić information content (AvgIpc) is 3.17. The fourth-order valence-corrected chi connectivity index (χ4v) is 6.24. The first-order chi connectivity index (χ1) is 13.4. The fourth-order valence-electron chi connectivity index (χ4n) is 4.85. The van der Waals surface area contributed by atoms with Gasteiger partial charge in [0.15, 0.2) is 0 Å². The van der Waals surface area contributed by atoms with Crippen LogP contribution in [0.2, 0.25) is 0 Å². The van der Waals surface area contributed by atoms with Crippen LogP contribution >= 0.6 is 0 Å². The molecule has 3 heterocycles. The monoisotopic (exact) mass is 402 g/mol. The minimum atomic E-state index is -3.46. The molecule has 0 amide bonds. The molecule has 0 bridgehead atoms. The van der Waals surface area contributed by atoms with Crippen LogP contribution in [0.15, 0.2) is 47.6 Å². The summed E-state index contributed by atoms with van der Waals surface area (Å²) in [4.78, 5) is 2.85. The smallest absolute Gasteiger partial charge is 0.246 e. The second-order valence-corrected chi connectivity index (χ2v) is 10.3. The van der Waals surface area contributed by atoms with Crippen LogP contribution in [0, 0.1) is 5.41 Å². The zero-order chi connectivity index (χ0) is 19.9. The van der Waals surface area contributed by atoms with Crippen molar-refractivity contribution in [1.82, 2.24) is 19.0 Å². The summed E-state index contributed by atoms with van der Waals surface area (Å²) in [5.41, 5.74) is 1.52. The van der Waals surface area contributed by atoms with Crippen molar-refractivity contribution >= 4 is 10.0 Å². The highest BCUT2D eigenvalue weighted by Gasteiger charge is 2.55. The molecule has 0 N–H and O–H groups in total. The van der Waals surface area contributed by atoms with Gasteiger partial charge in [-0.1, -0.05) is 30.3 Å². The third-order valence-corrected chi connectivity index (χ3v) is 8.33. The summed E-state index contributed by atoms with van der Waals surface area (Å²) in [6.07, 6.45) is 4.91. The number of hydrogen-bond donors (Lipinski definition) is 0. The third-order valence-electron chi connectivity index (χ3n) is 6.48. The van der Waals surface area contributed by atoms with E-state index in [0.717, 1.165) is 19.4 Å². The van der Waals surface area contributed by atoms with Gasteiger partial charge in [0, 0.05) is 49.9 Å². The molecule has 7 heteroatoms. The van der Waals surface area contributed by atoms with Crippen molar-refractivity contribution in [3.05, 3.63) is 48.3 Å². The van der Waals surface area contributed by atoms with Crippen LogP contribution in [-0.4, -0.2) is 53.1 Å². The minimum Gasteiger partial charge on any atom is -0.293 e. The Hall–Kier alpha value is -1.70. The van der Waals surface area contributed by atoms with Crippen molar-refractivity contribution in [1.29, 1.82) is 0 Å². The first-order valence-electron chi connectivity index (χ1n) is 10.2. The summed E-state index contributed by atoms with van der Waals surface area (Å²) in [7, 11) is -3.46. The Morgan fingerprint density at radius 3 is 2.43 bits per heavy atom. The zero-order valence-electron chi connectivity index (χ0n) is 17.0. The molecule has 4 rings (SSSR count). The Morgan fingerprint density at radius 1 is 1.18 bits per heavy atom. The molecule has 2 aliphatic rings. The molecule has 2 saturated heterocycles. The maximum atomic E-state index is 13.0. The molecule has 2 fully saturated rings. The average molecular weight is 403 g/mol. The Kier molecular flexibility index (Phi) is 5.10. The Balaban J connectivity index is 1.52. The van der Waals surface area contributed by atoms with Gasteiger partial charge in [-0.05, 0) is 39.2 Å². The van der Waals surface area contributed by atoms with Crippen LogP contribution in [0.25, 0.3) is 0 Å². The van der Waals surface area contributed by atoms with Crippen molar-refractivity contribution in [2.75, 3.05) is 19.6 Å². The van der Waals surface area contributed by atoms with Gasteiger partial charge in [-0.2, -0.15) is 9.40 Å². The van der Waals surface area contributed by atoms with Gasteiger partial charge < -0.3 is 0 Å². The lowest BCUT2D eigenvalue weighted by atomic mass is 9.63. The van der Waals surface area contributed by atoms with E-state index in [1.807, 2.05) is 6.92 Å².